The highest BCUT2D eigenvalue weighted by atomic mass is 79.9. The summed E-state index contributed by atoms with van der Waals surface area (Å²) in [5.74, 6) is -0.879. The molecule has 1 rings (SSSR count). The van der Waals surface area contributed by atoms with E-state index in [0.717, 1.165) is 0 Å². The number of anilines is 1. The fraction of sp³-hybridized carbons (Fsp3) is 0.300. The normalized spacial score (nSPS) is 12.7. The Morgan fingerprint density at radius 2 is 1.60 bits per heavy atom. The van der Waals surface area contributed by atoms with Crippen LogP contribution >= 0.6 is 31.9 Å². The molecule has 0 aliphatic heterocycles. The lowest BCUT2D eigenvalue weighted by Crippen LogP contribution is -2.21. The summed E-state index contributed by atoms with van der Waals surface area (Å²) < 4.78 is 74.4. The molecule has 112 valence electrons. The van der Waals surface area contributed by atoms with E-state index in [1.807, 2.05) is 5.32 Å². The van der Waals surface area contributed by atoms with Crippen LogP contribution in [0.3, 0.4) is 0 Å². The highest BCUT2D eigenvalue weighted by Crippen LogP contribution is 2.39. The van der Waals surface area contributed by atoms with Gasteiger partial charge < -0.3 is 5.32 Å². The standard InChI is InChI=1S/C10H5Br2F6NO/c11-7(12)8(20)19-6-2-1-4(9(13,14)15)3-5(6)10(16,17)18/h1-3,7H,(H,19,20). The van der Waals surface area contributed by atoms with Crippen molar-refractivity contribution in [1.29, 1.82) is 0 Å². The lowest BCUT2D eigenvalue weighted by atomic mass is 10.1. The van der Waals surface area contributed by atoms with Gasteiger partial charge in [0.1, 0.15) is 3.74 Å². The molecule has 1 aromatic carbocycles. The van der Waals surface area contributed by atoms with Crippen molar-refractivity contribution in [1.82, 2.24) is 0 Å². The number of halogens is 8. The Hall–Kier alpha value is -0.770. The molecule has 0 saturated heterocycles. The number of nitrogens with one attached hydrogen (secondary N) is 1. The molecule has 10 heteroatoms. The maximum Gasteiger partial charge on any atom is 0.418 e. The molecule has 20 heavy (non-hydrogen) atoms. The number of amides is 1. The van der Waals surface area contributed by atoms with E-state index in [4.69, 9.17) is 0 Å². The molecule has 1 aromatic rings. The Kier molecular flexibility index (Phi) is 5.12. The minimum absolute atomic E-state index is 0.0485. The van der Waals surface area contributed by atoms with Crippen LogP contribution in [-0.4, -0.2) is 9.64 Å². The topological polar surface area (TPSA) is 29.1 Å². The number of carbonyl (C=O) groups excluding carboxylic acids is 1. The van der Waals surface area contributed by atoms with E-state index in [-0.39, 0.29) is 6.07 Å². The molecular formula is C10H5Br2F6NO. The number of hydrogen-bond acceptors (Lipinski definition) is 1. The molecule has 0 aliphatic rings. The largest absolute Gasteiger partial charge is 0.418 e. The molecule has 0 heterocycles. The smallest absolute Gasteiger partial charge is 0.324 e. The zero-order valence-corrected chi connectivity index (χ0v) is 12.4. The summed E-state index contributed by atoms with van der Waals surface area (Å²) in [5, 5.41) is 1.88. The van der Waals surface area contributed by atoms with Crippen LogP contribution in [0.15, 0.2) is 18.2 Å². The van der Waals surface area contributed by atoms with Gasteiger partial charge in [0.15, 0.2) is 0 Å². The summed E-state index contributed by atoms with van der Waals surface area (Å²) in [7, 11) is 0. The third kappa shape index (κ3) is 4.37. The third-order valence-electron chi connectivity index (χ3n) is 2.11. The second-order valence-electron chi connectivity index (χ2n) is 3.55. The van der Waals surface area contributed by atoms with Gasteiger partial charge in [0.05, 0.1) is 16.8 Å². The predicted octanol–water partition coefficient (Wildman–Crippen LogP) is 4.78. The molecule has 1 amide bonds. The van der Waals surface area contributed by atoms with Crippen molar-refractivity contribution in [2.75, 3.05) is 5.32 Å². The fourth-order valence-corrected chi connectivity index (χ4v) is 1.48. The van der Waals surface area contributed by atoms with Gasteiger partial charge in [-0.15, -0.1) is 0 Å². The first-order chi connectivity index (χ1) is 8.93. The third-order valence-corrected chi connectivity index (χ3v) is 2.94. The molecular weight excluding hydrogens is 424 g/mol. The van der Waals surface area contributed by atoms with E-state index in [1.54, 1.807) is 0 Å². The Bertz CT molecular complexity index is 511. The predicted molar refractivity (Wildman–Crippen MR) is 66.7 cm³/mol. The molecule has 0 fully saturated rings. The average Bonchev–Trinajstić information content (AvgIpc) is 2.26. The number of rotatable bonds is 2. The van der Waals surface area contributed by atoms with E-state index in [1.165, 1.54) is 0 Å². The monoisotopic (exact) mass is 427 g/mol. The number of alkyl halides is 8. The molecule has 0 spiro atoms. The Balaban J connectivity index is 3.29. The second-order valence-corrected chi connectivity index (χ2v) is 6.61. The molecule has 0 atom stereocenters. The van der Waals surface area contributed by atoms with Crippen LogP contribution in [0.4, 0.5) is 32.0 Å². The summed E-state index contributed by atoms with van der Waals surface area (Å²) in [5.41, 5.74) is -3.77. The van der Waals surface area contributed by atoms with Crippen LogP contribution in [0.2, 0.25) is 0 Å². The Morgan fingerprint density at radius 1 is 1.05 bits per heavy atom. The lowest BCUT2D eigenvalue weighted by molar-refractivity contribution is -0.142. The van der Waals surface area contributed by atoms with Crippen LogP contribution in [0.25, 0.3) is 0 Å². The van der Waals surface area contributed by atoms with Gasteiger partial charge in [-0.2, -0.15) is 26.3 Å². The van der Waals surface area contributed by atoms with Crippen molar-refractivity contribution in [3.05, 3.63) is 29.3 Å². The number of carbonyl (C=O) groups is 1. The van der Waals surface area contributed by atoms with Gasteiger partial charge in [0.25, 0.3) is 0 Å². The van der Waals surface area contributed by atoms with Crippen molar-refractivity contribution < 1.29 is 31.1 Å². The highest BCUT2D eigenvalue weighted by molar-refractivity contribution is 9.25. The molecule has 0 aromatic heterocycles. The number of benzene rings is 1. The first kappa shape index (κ1) is 17.3. The van der Waals surface area contributed by atoms with Crippen LogP contribution in [0.1, 0.15) is 11.1 Å². The number of hydrogen-bond donors (Lipinski definition) is 1. The van der Waals surface area contributed by atoms with Crippen molar-refractivity contribution in [3.63, 3.8) is 0 Å². The SMILES string of the molecule is O=C(Nc1ccc(C(F)(F)F)cc1C(F)(F)F)C(Br)Br. The maximum atomic E-state index is 12.7. The second kappa shape index (κ2) is 5.92. The van der Waals surface area contributed by atoms with Gasteiger partial charge in [0, 0.05) is 0 Å². The molecule has 0 unspecified atom stereocenters. The quantitative estimate of drug-likeness (QED) is 0.533. The maximum absolute atomic E-state index is 12.7. The Labute approximate surface area is 125 Å². The van der Waals surface area contributed by atoms with Crippen LogP contribution in [0, 0.1) is 0 Å². The van der Waals surface area contributed by atoms with Gasteiger partial charge in [-0.3, -0.25) is 4.79 Å². The molecule has 2 nitrogen and oxygen atoms in total. The summed E-state index contributed by atoms with van der Waals surface area (Å²) >= 11 is 5.52. The molecule has 0 radical (unpaired) electrons. The summed E-state index contributed by atoms with van der Waals surface area (Å²) in [6.45, 7) is 0. The summed E-state index contributed by atoms with van der Waals surface area (Å²) in [6, 6.07) is 0.974. The molecule has 1 N–H and O–H groups in total. The van der Waals surface area contributed by atoms with Gasteiger partial charge in [-0.1, -0.05) is 31.9 Å². The first-order valence-corrected chi connectivity index (χ1v) is 6.63. The van der Waals surface area contributed by atoms with E-state index in [2.05, 4.69) is 31.9 Å². The molecule has 0 aliphatic carbocycles. The van der Waals surface area contributed by atoms with E-state index >= 15 is 0 Å². The van der Waals surface area contributed by atoms with Crippen LogP contribution < -0.4 is 5.32 Å². The zero-order chi connectivity index (χ0) is 15.7. The zero-order valence-electron chi connectivity index (χ0n) is 9.24. The minimum Gasteiger partial charge on any atom is -0.324 e. The summed E-state index contributed by atoms with van der Waals surface area (Å²) in [6.07, 6.45) is -9.94. The minimum atomic E-state index is -5.03. The highest BCUT2D eigenvalue weighted by Gasteiger charge is 2.38. The Morgan fingerprint density at radius 3 is 2.00 bits per heavy atom. The van der Waals surface area contributed by atoms with Gasteiger partial charge in [0.2, 0.25) is 5.91 Å². The van der Waals surface area contributed by atoms with Crippen molar-refractivity contribution in [2.24, 2.45) is 0 Å². The molecule has 0 bridgehead atoms. The first-order valence-electron chi connectivity index (χ1n) is 4.80. The van der Waals surface area contributed by atoms with Crippen LogP contribution in [-0.2, 0) is 17.1 Å². The summed E-state index contributed by atoms with van der Waals surface area (Å²) in [4.78, 5) is 11.3. The average molecular weight is 429 g/mol. The van der Waals surface area contributed by atoms with Gasteiger partial charge in [-0.05, 0) is 18.2 Å². The van der Waals surface area contributed by atoms with Crippen molar-refractivity contribution >= 4 is 43.5 Å². The molecule has 0 saturated carbocycles. The van der Waals surface area contributed by atoms with E-state index < -0.39 is 38.8 Å². The van der Waals surface area contributed by atoms with E-state index in [9.17, 15) is 31.1 Å². The lowest BCUT2D eigenvalue weighted by Gasteiger charge is -2.16. The van der Waals surface area contributed by atoms with Gasteiger partial charge >= 0.3 is 12.4 Å². The van der Waals surface area contributed by atoms with E-state index in [0.29, 0.717) is 12.1 Å². The van der Waals surface area contributed by atoms with Crippen molar-refractivity contribution in [3.8, 4) is 0 Å². The van der Waals surface area contributed by atoms with Gasteiger partial charge in [-0.25, -0.2) is 0 Å². The van der Waals surface area contributed by atoms with Crippen LogP contribution in [0.5, 0.6) is 0 Å². The fourth-order valence-electron chi connectivity index (χ4n) is 1.25. The van der Waals surface area contributed by atoms with Crippen molar-refractivity contribution in [2.45, 2.75) is 16.1 Å².